The van der Waals surface area contributed by atoms with Gasteiger partial charge in [0.15, 0.2) is 11.6 Å². The highest BCUT2D eigenvalue weighted by Crippen LogP contribution is 2.32. The van der Waals surface area contributed by atoms with Crippen molar-refractivity contribution in [3.05, 3.63) is 71.8 Å². The van der Waals surface area contributed by atoms with Crippen LogP contribution in [-0.4, -0.2) is 40.7 Å². The van der Waals surface area contributed by atoms with E-state index in [2.05, 4.69) is 26.1 Å². The van der Waals surface area contributed by atoms with Gasteiger partial charge in [0.1, 0.15) is 5.75 Å². The lowest BCUT2D eigenvalue weighted by atomic mass is 10.1. The van der Waals surface area contributed by atoms with Gasteiger partial charge >= 0.3 is 0 Å². The molecule has 194 valence electrons. The Balaban J connectivity index is 0.00000186. The van der Waals surface area contributed by atoms with E-state index in [-0.39, 0.29) is 5.91 Å². The van der Waals surface area contributed by atoms with Crippen LogP contribution < -0.4 is 31.4 Å². The summed E-state index contributed by atoms with van der Waals surface area (Å²) in [5, 5.41) is 13.5. The van der Waals surface area contributed by atoms with E-state index in [0.29, 0.717) is 50.6 Å². The first-order chi connectivity index (χ1) is 17.7. The van der Waals surface area contributed by atoms with Gasteiger partial charge in [-0.2, -0.15) is 0 Å². The van der Waals surface area contributed by atoms with Crippen molar-refractivity contribution in [3.8, 4) is 11.5 Å². The van der Waals surface area contributed by atoms with Gasteiger partial charge in [-0.05, 0) is 50.2 Å². The Kier molecular flexibility index (Phi) is 9.07. The number of anilines is 4. The minimum Gasteiger partial charge on any atom is -0.497 e. The zero-order valence-electron chi connectivity index (χ0n) is 20.9. The van der Waals surface area contributed by atoms with Gasteiger partial charge in [-0.1, -0.05) is 29.8 Å². The van der Waals surface area contributed by atoms with Crippen molar-refractivity contribution in [1.29, 1.82) is 0 Å². The van der Waals surface area contributed by atoms with Crippen LogP contribution in [0.1, 0.15) is 13.8 Å². The van der Waals surface area contributed by atoms with Crippen LogP contribution in [0, 0.1) is 0 Å². The number of carbonyl (C=O) groups excluding carboxylic acids is 1. The van der Waals surface area contributed by atoms with E-state index in [1.165, 1.54) is 0 Å². The average Bonchev–Trinajstić information content (AvgIpc) is 2.89. The van der Waals surface area contributed by atoms with E-state index in [4.69, 9.17) is 32.0 Å². The number of nitrogens with two attached hydrogens (primary N) is 1. The van der Waals surface area contributed by atoms with Gasteiger partial charge in [0.2, 0.25) is 11.7 Å². The predicted molar refractivity (Wildman–Crippen MR) is 147 cm³/mol. The van der Waals surface area contributed by atoms with Crippen LogP contribution in [0.25, 0.3) is 11.0 Å². The molecule has 1 amide bonds. The van der Waals surface area contributed by atoms with Gasteiger partial charge in [-0.15, -0.1) is 0 Å². The van der Waals surface area contributed by atoms with Crippen LogP contribution in [0.5, 0.6) is 11.5 Å². The number of halogens is 1. The minimum atomic E-state index is -1.02. The Morgan fingerprint density at radius 3 is 2.27 bits per heavy atom. The third-order valence-electron chi connectivity index (χ3n) is 4.94. The SMILES string of the molecule is CO.COc1ccc(Cl)c(Nc2nc3ccccc3nc2NOc2cccc(NC(=O)C(C)(C)N)c2)c1. The molecule has 6 N–H and O–H groups in total. The lowest BCUT2D eigenvalue weighted by Crippen LogP contribution is -2.45. The summed E-state index contributed by atoms with van der Waals surface area (Å²) in [5.74, 6) is 1.49. The first kappa shape index (κ1) is 27.5. The fraction of sp³-hybridized carbons (Fsp3) is 0.192. The quantitative estimate of drug-likeness (QED) is 0.207. The maximum Gasteiger partial charge on any atom is 0.243 e. The van der Waals surface area contributed by atoms with E-state index in [1.807, 2.05) is 24.3 Å². The van der Waals surface area contributed by atoms with Crippen LogP contribution in [0.2, 0.25) is 5.02 Å². The molecule has 0 atom stereocenters. The maximum absolute atomic E-state index is 12.2. The van der Waals surface area contributed by atoms with Crippen LogP contribution >= 0.6 is 11.6 Å². The second kappa shape index (κ2) is 12.2. The first-order valence-electron chi connectivity index (χ1n) is 11.2. The summed E-state index contributed by atoms with van der Waals surface area (Å²) in [4.78, 5) is 27.3. The molecule has 0 spiro atoms. The van der Waals surface area contributed by atoms with Crippen molar-refractivity contribution in [2.24, 2.45) is 5.73 Å². The molecule has 3 aromatic carbocycles. The van der Waals surface area contributed by atoms with Gasteiger partial charge < -0.3 is 31.0 Å². The summed E-state index contributed by atoms with van der Waals surface area (Å²) < 4.78 is 5.30. The zero-order valence-corrected chi connectivity index (χ0v) is 21.6. The van der Waals surface area contributed by atoms with Crippen LogP contribution in [0.15, 0.2) is 66.7 Å². The number of aliphatic hydroxyl groups is 1. The van der Waals surface area contributed by atoms with Crippen LogP contribution in [-0.2, 0) is 4.79 Å². The molecule has 1 aromatic heterocycles. The summed E-state index contributed by atoms with van der Waals surface area (Å²) in [5.41, 5.74) is 10.2. The molecule has 0 bridgehead atoms. The monoisotopic (exact) mass is 524 g/mol. The number of aromatic nitrogens is 2. The van der Waals surface area contributed by atoms with Crippen LogP contribution in [0.3, 0.4) is 0 Å². The molecule has 0 saturated heterocycles. The zero-order chi connectivity index (χ0) is 27.0. The number of nitrogens with zero attached hydrogens (tertiary/aromatic N) is 2. The Morgan fingerprint density at radius 2 is 1.62 bits per heavy atom. The summed E-state index contributed by atoms with van der Waals surface area (Å²) in [6, 6.07) is 19.6. The highest BCUT2D eigenvalue weighted by Gasteiger charge is 2.22. The topological polar surface area (TPSA) is 144 Å². The second-order valence-corrected chi connectivity index (χ2v) is 8.70. The normalized spacial score (nSPS) is 10.7. The lowest BCUT2D eigenvalue weighted by molar-refractivity contribution is -0.120. The Labute approximate surface area is 219 Å². The number of carbonyl (C=O) groups is 1. The number of rotatable bonds is 8. The molecule has 37 heavy (non-hydrogen) atoms. The number of amides is 1. The molecule has 4 rings (SSSR count). The standard InChI is InChI=1S/C25H25ClN6O3.CH4O/c1-25(2,27)24(33)28-15-7-6-8-17(13-15)35-32-23-22(29-19-9-4-5-10-20(19)30-23)31-21-14-16(34-3)11-12-18(21)26;1-2/h4-14H,27H2,1-3H3,(H,28,33)(H,29,31)(H,30,32);2H,1H3. The fourth-order valence-electron chi connectivity index (χ4n) is 3.05. The lowest BCUT2D eigenvalue weighted by Gasteiger charge is -2.18. The molecule has 4 aromatic rings. The Morgan fingerprint density at radius 1 is 0.946 bits per heavy atom. The fourth-order valence-corrected chi connectivity index (χ4v) is 3.21. The smallest absolute Gasteiger partial charge is 0.243 e. The molecule has 0 unspecified atom stereocenters. The number of nitrogens with one attached hydrogen (secondary N) is 3. The molecule has 1 heterocycles. The average molecular weight is 525 g/mol. The number of para-hydroxylation sites is 2. The first-order valence-corrected chi connectivity index (χ1v) is 11.6. The molecule has 0 saturated carbocycles. The van der Waals surface area contributed by atoms with E-state index in [9.17, 15) is 4.79 Å². The summed E-state index contributed by atoms with van der Waals surface area (Å²) in [6.07, 6.45) is 0. The van der Waals surface area contributed by atoms with Crippen LogP contribution in [0.4, 0.5) is 23.0 Å². The summed E-state index contributed by atoms with van der Waals surface area (Å²) >= 11 is 6.38. The highest BCUT2D eigenvalue weighted by molar-refractivity contribution is 6.33. The molecule has 0 aliphatic carbocycles. The molecular formula is C26H29ClN6O4. The number of hydrogen-bond donors (Lipinski definition) is 5. The van der Waals surface area contributed by atoms with E-state index in [0.717, 1.165) is 7.11 Å². The molecule has 0 radical (unpaired) electrons. The van der Waals surface area contributed by atoms with Crippen molar-refractivity contribution in [3.63, 3.8) is 0 Å². The summed E-state index contributed by atoms with van der Waals surface area (Å²) in [6.45, 7) is 3.26. The number of fused-ring (bicyclic) bond motifs is 1. The second-order valence-electron chi connectivity index (χ2n) is 8.29. The highest BCUT2D eigenvalue weighted by atomic mass is 35.5. The third-order valence-corrected chi connectivity index (χ3v) is 5.27. The Hall–Kier alpha value is -4.12. The third kappa shape index (κ3) is 7.20. The predicted octanol–water partition coefficient (Wildman–Crippen LogP) is 4.73. The molecule has 0 aliphatic rings. The summed E-state index contributed by atoms with van der Waals surface area (Å²) in [7, 11) is 2.58. The Bertz CT molecular complexity index is 1380. The van der Waals surface area contributed by atoms with Crippen molar-refractivity contribution in [1.82, 2.24) is 9.97 Å². The maximum atomic E-state index is 12.2. The molecule has 0 aliphatic heterocycles. The number of ether oxygens (including phenoxy) is 1. The van der Waals surface area contributed by atoms with Gasteiger partial charge in [0.25, 0.3) is 0 Å². The number of aliphatic hydroxyl groups excluding tert-OH is 1. The molecular weight excluding hydrogens is 496 g/mol. The van der Waals surface area contributed by atoms with Gasteiger partial charge in [0, 0.05) is 24.9 Å². The van der Waals surface area contributed by atoms with Gasteiger partial charge in [-0.25, -0.2) is 15.4 Å². The van der Waals surface area contributed by atoms with E-state index in [1.54, 1.807) is 63.4 Å². The molecule has 11 heteroatoms. The largest absolute Gasteiger partial charge is 0.497 e. The van der Waals surface area contributed by atoms with Gasteiger partial charge in [-0.3, -0.25) is 4.79 Å². The van der Waals surface area contributed by atoms with Crippen molar-refractivity contribution in [2.45, 2.75) is 19.4 Å². The number of benzene rings is 3. The minimum absolute atomic E-state index is 0.315. The number of hydrogen-bond acceptors (Lipinski definition) is 9. The molecule has 0 fully saturated rings. The van der Waals surface area contributed by atoms with E-state index < -0.39 is 5.54 Å². The molecule has 10 nitrogen and oxygen atoms in total. The van der Waals surface area contributed by atoms with Gasteiger partial charge in [0.05, 0.1) is 34.4 Å². The number of methoxy groups -OCH3 is 1. The van der Waals surface area contributed by atoms with Crippen molar-refractivity contribution >= 4 is 51.6 Å². The van der Waals surface area contributed by atoms with Crippen molar-refractivity contribution in [2.75, 3.05) is 30.3 Å². The van der Waals surface area contributed by atoms with Crippen molar-refractivity contribution < 1.29 is 19.5 Å². The van der Waals surface area contributed by atoms with E-state index >= 15 is 0 Å².